The molecule has 3 aromatic rings. The maximum atomic E-state index is 13.3. The number of sulfone groups is 1. The second kappa shape index (κ2) is 9.00. The molecule has 1 aliphatic heterocycles. The number of fused-ring (bicyclic) bond motifs is 1. The van der Waals surface area contributed by atoms with Crippen molar-refractivity contribution in [2.45, 2.75) is 48.3 Å². The highest BCUT2D eigenvalue weighted by atomic mass is 35.5. The molecule has 1 N–H and O–H groups in total. The minimum Gasteiger partial charge on any atom is -0.381 e. The van der Waals surface area contributed by atoms with Crippen LogP contribution in [0.5, 0.6) is 0 Å². The van der Waals surface area contributed by atoms with Gasteiger partial charge in [-0.25, -0.2) is 13.4 Å². The molecule has 1 aromatic carbocycles. The molecule has 174 valence electrons. The fourth-order valence-electron chi connectivity index (χ4n) is 4.24. The molecule has 9 nitrogen and oxygen atoms in total. The van der Waals surface area contributed by atoms with Crippen molar-refractivity contribution in [3.63, 3.8) is 0 Å². The Morgan fingerprint density at radius 3 is 2.70 bits per heavy atom. The van der Waals surface area contributed by atoms with E-state index in [-0.39, 0.29) is 22.0 Å². The van der Waals surface area contributed by atoms with Gasteiger partial charge in [-0.15, -0.1) is 0 Å². The van der Waals surface area contributed by atoms with Crippen molar-refractivity contribution in [3.8, 4) is 0 Å². The zero-order valence-corrected chi connectivity index (χ0v) is 19.4. The minimum absolute atomic E-state index is 0.179. The number of halogens is 1. The Hall–Kier alpha value is -2.56. The van der Waals surface area contributed by atoms with E-state index in [9.17, 15) is 13.2 Å². The number of carbonyl (C=O) groups is 1. The molecule has 1 saturated carbocycles. The van der Waals surface area contributed by atoms with Gasteiger partial charge in [0, 0.05) is 42.2 Å². The second-order valence-corrected chi connectivity index (χ2v) is 11.2. The molecule has 33 heavy (non-hydrogen) atoms. The number of nitrogens with one attached hydrogen (secondary N) is 1. The Kier molecular flexibility index (Phi) is 6.07. The zero-order chi connectivity index (χ0) is 23.0. The van der Waals surface area contributed by atoms with Crippen LogP contribution in [0, 0.1) is 5.92 Å². The average molecular weight is 490 g/mol. The Bertz CT molecular complexity index is 1270. The molecule has 0 bridgehead atoms. The van der Waals surface area contributed by atoms with Crippen LogP contribution < -0.4 is 5.32 Å². The van der Waals surface area contributed by atoms with Gasteiger partial charge < -0.3 is 10.1 Å². The SMILES string of the molecule is O=C(Nc1cnccn1)C(CC1CCOCC1)n1cc2c(S(=O)(=O)C3CC3)cc(Cl)cc2n1. The van der Waals surface area contributed by atoms with Crippen molar-refractivity contribution in [1.82, 2.24) is 19.7 Å². The molecule has 1 amide bonds. The van der Waals surface area contributed by atoms with Gasteiger partial charge in [-0.05, 0) is 50.2 Å². The standard InChI is InChI=1S/C22H24ClN5O4S/c23-15-10-18-17(20(11-15)33(30,31)16-1-2-16)13-28(27-18)19(9-14-3-7-32-8-4-14)22(29)26-21-12-24-5-6-25-21/h5-6,10-14,16,19H,1-4,7-9H2,(H,25,26,29). The van der Waals surface area contributed by atoms with E-state index in [2.05, 4.69) is 20.4 Å². The van der Waals surface area contributed by atoms with E-state index in [4.69, 9.17) is 16.3 Å². The number of amides is 1. The number of rotatable bonds is 7. The average Bonchev–Trinajstić information content (AvgIpc) is 3.59. The number of anilines is 1. The predicted octanol–water partition coefficient (Wildman–Crippen LogP) is 3.41. The quantitative estimate of drug-likeness (QED) is 0.540. The largest absolute Gasteiger partial charge is 0.381 e. The highest BCUT2D eigenvalue weighted by molar-refractivity contribution is 7.92. The molecule has 1 aliphatic carbocycles. The molecule has 2 fully saturated rings. The summed E-state index contributed by atoms with van der Waals surface area (Å²) < 4.78 is 33.1. The molecule has 1 unspecified atom stereocenters. The van der Waals surface area contributed by atoms with Crippen molar-refractivity contribution in [2.75, 3.05) is 18.5 Å². The van der Waals surface area contributed by atoms with Gasteiger partial charge >= 0.3 is 0 Å². The van der Waals surface area contributed by atoms with Crippen molar-refractivity contribution in [3.05, 3.63) is 41.9 Å². The van der Waals surface area contributed by atoms with Crippen molar-refractivity contribution >= 4 is 44.1 Å². The van der Waals surface area contributed by atoms with Crippen LogP contribution in [0.25, 0.3) is 10.9 Å². The fraction of sp³-hybridized carbons (Fsp3) is 0.455. The Balaban J connectivity index is 1.53. The zero-order valence-electron chi connectivity index (χ0n) is 17.9. The van der Waals surface area contributed by atoms with Crippen LogP contribution in [0.2, 0.25) is 5.02 Å². The lowest BCUT2D eigenvalue weighted by atomic mass is 9.92. The van der Waals surface area contributed by atoms with Gasteiger partial charge in [-0.1, -0.05) is 11.6 Å². The van der Waals surface area contributed by atoms with Gasteiger partial charge in [-0.3, -0.25) is 14.5 Å². The third-order valence-corrected chi connectivity index (χ3v) is 8.69. The summed E-state index contributed by atoms with van der Waals surface area (Å²) in [6.45, 7) is 1.31. The first kappa shape index (κ1) is 22.2. The maximum absolute atomic E-state index is 13.3. The summed E-state index contributed by atoms with van der Waals surface area (Å²) in [6.07, 6.45) is 9.70. The van der Waals surface area contributed by atoms with E-state index in [0.717, 1.165) is 12.8 Å². The van der Waals surface area contributed by atoms with E-state index in [0.29, 0.717) is 54.2 Å². The highest BCUT2D eigenvalue weighted by Crippen LogP contribution is 2.38. The number of carbonyl (C=O) groups excluding carboxylic acids is 1. The summed E-state index contributed by atoms with van der Waals surface area (Å²) in [5.41, 5.74) is 0.450. The topological polar surface area (TPSA) is 116 Å². The van der Waals surface area contributed by atoms with Crippen LogP contribution in [-0.2, 0) is 19.4 Å². The molecule has 3 heterocycles. The lowest BCUT2D eigenvalue weighted by Gasteiger charge is -2.26. The Morgan fingerprint density at radius 2 is 2.00 bits per heavy atom. The van der Waals surface area contributed by atoms with Gasteiger partial charge in [0.05, 0.1) is 21.9 Å². The molecule has 1 atom stereocenters. The number of aromatic nitrogens is 4. The lowest BCUT2D eigenvalue weighted by molar-refractivity contribution is -0.120. The van der Waals surface area contributed by atoms with Crippen molar-refractivity contribution in [2.24, 2.45) is 5.92 Å². The second-order valence-electron chi connectivity index (χ2n) is 8.58. The first-order chi connectivity index (χ1) is 15.9. The van der Waals surface area contributed by atoms with E-state index in [1.54, 1.807) is 16.9 Å². The smallest absolute Gasteiger partial charge is 0.250 e. The number of hydrogen-bond acceptors (Lipinski definition) is 7. The van der Waals surface area contributed by atoms with E-state index in [1.165, 1.54) is 24.7 Å². The number of nitrogens with zero attached hydrogens (tertiary/aromatic N) is 4. The minimum atomic E-state index is -3.50. The van der Waals surface area contributed by atoms with Crippen molar-refractivity contribution in [1.29, 1.82) is 0 Å². The third kappa shape index (κ3) is 4.73. The first-order valence-corrected chi connectivity index (χ1v) is 12.9. The summed E-state index contributed by atoms with van der Waals surface area (Å²) in [6, 6.07) is 2.46. The first-order valence-electron chi connectivity index (χ1n) is 11.0. The molecule has 5 rings (SSSR count). The number of hydrogen-bond donors (Lipinski definition) is 1. The van der Waals surface area contributed by atoms with E-state index >= 15 is 0 Å². The van der Waals surface area contributed by atoms with Gasteiger partial charge in [0.25, 0.3) is 0 Å². The monoisotopic (exact) mass is 489 g/mol. The highest BCUT2D eigenvalue weighted by Gasteiger charge is 2.38. The van der Waals surface area contributed by atoms with Crippen LogP contribution in [0.1, 0.15) is 38.1 Å². The van der Waals surface area contributed by atoms with Crippen LogP contribution >= 0.6 is 11.6 Å². The molecular formula is C22H24ClN5O4S. The normalized spacial score (nSPS) is 18.3. The Morgan fingerprint density at radius 1 is 1.21 bits per heavy atom. The molecule has 0 spiro atoms. The lowest BCUT2D eigenvalue weighted by Crippen LogP contribution is -2.30. The molecule has 0 radical (unpaired) electrons. The molecule has 2 aromatic heterocycles. The van der Waals surface area contributed by atoms with E-state index in [1.807, 2.05) is 0 Å². The van der Waals surface area contributed by atoms with Gasteiger partial charge in [0.15, 0.2) is 15.7 Å². The number of benzene rings is 1. The number of ether oxygens (including phenoxy) is 1. The van der Waals surface area contributed by atoms with Crippen molar-refractivity contribution < 1.29 is 17.9 Å². The Labute approximate surface area is 196 Å². The van der Waals surface area contributed by atoms with Crippen LogP contribution in [-0.4, -0.2) is 52.5 Å². The summed E-state index contributed by atoms with van der Waals surface area (Å²) >= 11 is 6.25. The summed E-state index contributed by atoms with van der Waals surface area (Å²) in [4.78, 5) is 21.6. The maximum Gasteiger partial charge on any atom is 0.250 e. The van der Waals surface area contributed by atoms with Crippen LogP contribution in [0.4, 0.5) is 5.82 Å². The molecule has 1 saturated heterocycles. The predicted molar refractivity (Wildman–Crippen MR) is 123 cm³/mol. The summed E-state index contributed by atoms with van der Waals surface area (Å²) in [5.74, 6) is 0.339. The van der Waals surface area contributed by atoms with Gasteiger partial charge in [0.1, 0.15) is 6.04 Å². The van der Waals surface area contributed by atoms with Gasteiger partial charge in [-0.2, -0.15) is 5.10 Å². The molecule has 2 aliphatic rings. The van der Waals surface area contributed by atoms with E-state index < -0.39 is 15.9 Å². The summed E-state index contributed by atoms with van der Waals surface area (Å²) in [7, 11) is -3.50. The third-order valence-electron chi connectivity index (χ3n) is 6.17. The molecule has 11 heteroatoms. The van der Waals surface area contributed by atoms with Crippen LogP contribution in [0.3, 0.4) is 0 Å². The van der Waals surface area contributed by atoms with Gasteiger partial charge in [0.2, 0.25) is 5.91 Å². The molecular weight excluding hydrogens is 466 g/mol. The fourth-order valence-corrected chi connectivity index (χ4v) is 6.38. The summed E-state index contributed by atoms with van der Waals surface area (Å²) in [5, 5.41) is 7.82. The van der Waals surface area contributed by atoms with Crippen LogP contribution in [0.15, 0.2) is 41.8 Å².